The number of aliphatic hydroxyl groups excluding tert-OH is 1. The molecule has 0 spiro atoms. The summed E-state index contributed by atoms with van der Waals surface area (Å²) < 4.78 is 26.8. The molecule has 18 heavy (non-hydrogen) atoms. The average Bonchev–Trinajstić information content (AvgIpc) is 2.21. The topological polar surface area (TPSA) is 52.6 Å². The first-order valence-corrected chi connectivity index (χ1v) is 5.53. The molecule has 1 aromatic rings. The Labute approximate surface area is 108 Å². The predicted octanol–water partition coefficient (Wildman–Crippen LogP) is 2.46. The van der Waals surface area contributed by atoms with Crippen molar-refractivity contribution in [1.82, 2.24) is 4.90 Å². The molecule has 0 radical (unpaired) electrons. The first kappa shape index (κ1) is 14.7. The van der Waals surface area contributed by atoms with Crippen LogP contribution in [0.5, 0.6) is 0 Å². The standard InChI is InChI=1S/C11H13ClF2N2O2/c1-6(17)5-16(2)11(18)15-10-8(13)3-7(12)4-9(10)14/h3-4,6,17H,5H2,1-2H3,(H,15,18). The third kappa shape index (κ3) is 3.82. The number of hydrogen-bond acceptors (Lipinski definition) is 2. The van der Waals surface area contributed by atoms with E-state index in [4.69, 9.17) is 16.7 Å². The van der Waals surface area contributed by atoms with Crippen LogP contribution in [-0.2, 0) is 0 Å². The van der Waals surface area contributed by atoms with Crippen molar-refractivity contribution in [2.45, 2.75) is 13.0 Å². The second kappa shape index (κ2) is 5.97. The van der Waals surface area contributed by atoms with Gasteiger partial charge < -0.3 is 15.3 Å². The molecule has 0 fully saturated rings. The highest BCUT2D eigenvalue weighted by atomic mass is 35.5. The maximum Gasteiger partial charge on any atom is 0.321 e. The number of likely N-dealkylation sites (N-methyl/N-ethyl adjacent to an activating group) is 1. The van der Waals surface area contributed by atoms with Gasteiger partial charge >= 0.3 is 6.03 Å². The van der Waals surface area contributed by atoms with Crippen LogP contribution in [0.25, 0.3) is 0 Å². The zero-order valence-corrected chi connectivity index (χ0v) is 10.6. The minimum atomic E-state index is -0.959. The number of rotatable bonds is 3. The number of nitrogens with one attached hydrogen (secondary N) is 1. The van der Waals surface area contributed by atoms with Gasteiger partial charge in [-0.15, -0.1) is 0 Å². The Morgan fingerprint density at radius 3 is 2.44 bits per heavy atom. The van der Waals surface area contributed by atoms with Crippen LogP contribution < -0.4 is 5.32 Å². The van der Waals surface area contributed by atoms with Gasteiger partial charge in [-0.2, -0.15) is 0 Å². The van der Waals surface area contributed by atoms with E-state index in [1.165, 1.54) is 14.0 Å². The fraction of sp³-hybridized carbons (Fsp3) is 0.364. The molecule has 0 saturated heterocycles. The summed E-state index contributed by atoms with van der Waals surface area (Å²) in [5.74, 6) is -1.92. The number of anilines is 1. The van der Waals surface area contributed by atoms with Crippen LogP contribution in [-0.4, -0.2) is 35.7 Å². The van der Waals surface area contributed by atoms with Gasteiger partial charge in [-0.25, -0.2) is 13.6 Å². The molecule has 0 bridgehead atoms. The second-order valence-corrected chi connectivity index (χ2v) is 4.34. The molecule has 0 aliphatic heterocycles. The highest BCUT2D eigenvalue weighted by Gasteiger charge is 2.16. The molecule has 1 unspecified atom stereocenters. The highest BCUT2D eigenvalue weighted by Crippen LogP contribution is 2.23. The second-order valence-electron chi connectivity index (χ2n) is 3.90. The van der Waals surface area contributed by atoms with Crippen LogP contribution in [0.15, 0.2) is 12.1 Å². The number of carbonyl (C=O) groups is 1. The van der Waals surface area contributed by atoms with Gasteiger partial charge in [-0.1, -0.05) is 11.6 Å². The van der Waals surface area contributed by atoms with E-state index in [1.807, 2.05) is 0 Å². The Balaban J connectivity index is 2.82. The highest BCUT2D eigenvalue weighted by molar-refractivity contribution is 6.30. The van der Waals surface area contributed by atoms with Gasteiger partial charge in [0.15, 0.2) is 11.6 Å². The average molecular weight is 279 g/mol. The lowest BCUT2D eigenvalue weighted by Gasteiger charge is -2.19. The summed E-state index contributed by atoms with van der Waals surface area (Å²) in [7, 11) is 1.40. The summed E-state index contributed by atoms with van der Waals surface area (Å²) in [5, 5.41) is 11.1. The lowest BCUT2D eigenvalue weighted by molar-refractivity contribution is 0.149. The van der Waals surface area contributed by atoms with Crippen molar-refractivity contribution in [2.24, 2.45) is 0 Å². The van der Waals surface area contributed by atoms with Crippen molar-refractivity contribution in [2.75, 3.05) is 18.9 Å². The minimum Gasteiger partial charge on any atom is -0.392 e. The van der Waals surface area contributed by atoms with Gasteiger partial charge in [0.05, 0.1) is 6.10 Å². The van der Waals surface area contributed by atoms with E-state index in [9.17, 15) is 13.6 Å². The maximum absolute atomic E-state index is 13.4. The van der Waals surface area contributed by atoms with E-state index in [1.54, 1.807) is 0 Å². The number of urea groups is 1. The lowest BCUT2D eigenvalue weighted by atomic mass is 10.3. The van der Waals surface area contributed by atoms with E-state index in [0.717, 1.165) is 17.0 Å². The Hall–Kier alpha value is -1.40. The van der Waals surface area contributed by atoms with Crippen molar-refractivity contribution >= 4 is 23.3 Å². The lowest BCUT2D eigenvalue weighted by Crippen LogP contribution is -2.36. The van der Waals surface area contributed by atoms with Crippen LogP contribution in [0.3, 0.4) is 0 Å². The van der Waals surface area contributed by atoms with Crippen LogP contribution in [0, 0.1) is 11.6 Å². The number of halogens is 3. The van der Waals surface area contributed by atoms with Crippen molar-refractivity contribution in [1.29, 1.82) is 0 Å². The summed E-state index contributed by atoms with van der Waals surface area (Å²) in [6, 6.07) is 1.07. The number of nitrogens with zero attached hydrogens (tertiary/aromatic N) is 1. The zero-order chi connectivity index (χ0) is 13.9. The quantitative estimate of drug-likeness (QED) is 0.892. The largest absolute Gasteiger partial charge is 0.392 e. The third-order valence-electron chi connectivity index (χ3n) is 2.12. The van der Waals surface area contributed by atoms with E-state index in [2.05, 4.69) is 5.32 Å². The van der Waals surface area contributed by atoms with Crippen molar-refractivity contribution in [3.05, 3.63) is 28.8 Å². The Morgan fingerprint density at radius 2 is 2.00 bits per heavy atom. The van der Waals surface area contributed by atoms with Crippen molar-refractivity contribution in [3.8, 4) is 0 Å². The summed E-state index contributed by atoms with van der Waals surface area (Å²) in [4.78, 5) is 12.7. The Bertz CT molecular complexity index is 432. The molecule has 2 amide bonds. The molecule has 0 aromatic heterocycles. The van der Waals surface area contributed by atoms with Crippen molar-refractivity contribution in [3.63, 3.8) is 0 Å². The summed E-state index contributed by atoms with van der Waals surface area (Å²) in [6.07, 6.45) is -0.735. The van der Waals surface area contributed by atoms with Crippen molar-refractivity contribution < 1.29 is 18.7 Å². The van der Waals surface area contributed by atoms with Gasteiger partial charge in [-0.05, 0) is 19.1 Å². The summed E-state index contributed by atoms with van der Waals surface area (Å²) >= 11 is 5.45. The monoisotopic (exact) mass is 278 g/mol. The van der Waals surface area contributed by atoms with Gasteiger partial charge in [-0.3, -0.25) is 0 Å². The zero-order valence-electron chi connectivity index (χ0n) is 9.88. The Kier molecular flexibility index (Phi) is 4.86. The number of hydrogen-bond donors (Lipinski definition) is 2. The van der Waals surface area contributed by atoms with E-state index < -0.39 is 29.5 Å². The molecule has 1 aromatic carbocycles. The van der Waals surface area contributed by atoms with Crippen LogP contribution in [0.1, 0.15) is 6.92 Å². The summed E-state index contributed by atoms with van der Waals surface area (Å²) in [6.45, 7) is 1.54. The number of carbonyl (C=O) groups excluding carboxylic acids is 1. The molecular formula is C11H13ClF2N2O2. The predicted molar refractivity (Wildman–Crippen MR) is 64.7 cm³/mol. The van der Waals surface area contributed by atoms with Gasteiger partial charge in [0.2, 0.25) is 0 Å². The van der Waals surface area contributed by atoms with Crippen LogP contribution in [0.2, 0.25) is 5.02 Å². The molecule has 0 aliphatic carbocycles. The molecule has 0 saturated carbocycles. The smallest absolute Gasteiger partial charge is 0.321 e. The molecule has 1 rings (SSSR count). The maximum atomic E-state index is 13.4. The first-order chi connectivity index (χ1) is 8.31. The summed E-state index contributed by atoms with van der Waals surface area (Å²) in [5.41, 5.74) is -0.568. The first-order valence-electron chi connectivity index (χ1n) is 5.16. The molecule has 1 atom stereocenters. The van der Waals surface area contributed by atoms with E-state index >= 15 is 0 Å². The molecule has 0 heterocycles. The normalized spacial score (nSPS) is 12.1. The molecule has 4 nitrogen and oxygen atoms in total. The van der Waals surface area contributed by atoms with Crippen LogP contribution in [0.4, 0.5) is 19.3 Å². The molecule has 100 valence electrons. The number of benzene rings is 1. The van der Waals surface area contributed by atoms with Gasteiger partial charge in [0.1, 0.15) is 5.69 Å². The van der Waals surface area contributed by atoms with E-state index in [0.29, 0.717) is 0 Å². The van der Waals surface area contributed by atoms with Crippen LogP contribution >= 0.6 is 11.6 Å². The number of aliphatic hydroxyl groups is 1. The molecule has 7 heteroatoms. The third-order valence-corrected chi connectivity index (χ3v) is 2.34. The van der Waals surface area contributed by atoms with Gasteiger partial charge in [0, 0.05) is 18.6 Å². The Morgan fingerprint density at radius 1 is 1.50 bits per heavy atom. The fourth-order valence-electron chi connectivity index (χ4n) is 1.34. The molecule has 2 N–H and O–H groups in total. The number of amides is 2. The van der Waals surface area contributed by atoms with Gasteiger partial charge in [0.25, 0.3) is 0 Å². The van der Waals surface area contributed by atoms with E-state index in [-0.39, 0.29) is 11.6 Å². The minimum absolute atomic E-state index is 0.0443. The molecule has 0 aliphatic rings. The molecular weight excluding hydrogens is 266 g/mol. The fourth-order valence-corrected chi connectivity index (χ4v) is 1.53. The SMILES string of the molecule is CC(O)CN(C)C(=O)Nc1c(F)cc(Cl)cc1F.